The Hall–Kier alpha value is -1.81. The van der Waals surface area contributed by atoms with Crippen molar-refractivity contribution in [1.29, 1.82) is 0 Å². The lowest BCUT2D eigenvalue weighted by Gasteiger charge is -2.10. The maximum absolute atomic E-state index is 11.3. The summed E-state index contributed by atoms with van der Waals surface area (Å²) in [5, 5.41) is 3.37. The first-order chi connectivity index (χ1) is 9.60. The molecule has 2 rings (SSSR count). The maximum Gasteiger partial charge on any atom is 0.337 e. The lowest BCUT2D eigenvalue weighted by molar-refractivity contribution is 0.0600. The minimum Gasteiger partial charge on any atom is -0.465 e. The third kappa shape index (κ3) is 3.61. The second-order valence-electron chi connectivity index (χ2n) is 4.53. The standard InChI is InChI=1S/C16H16BrNO2/c1-11-3-8-14(17)15(9-11)18-10-12-4-6-13(7-5-12)16(19)20-2/h3-9,18H,10H2,1-2H3. The zero-order valence-corrected chi connectivity index (χ0v) is 13.0. The highest BCUT2D eigenvalue weighted by Crippen LogP contribution is 2.23. The molecule has 3 nitrogen and oxygen atoms in total. The van der Waals surface area contributed by atoms with Crippen molar-refractivity contribution in [3.63, 3.8) is 0 Å². The number of ether oxygens (including phenoxy) is 1. The first kappa shape index (κ1) is 14.6. The number of aryl methyl sites for hydroxylation is 1. The topological polar surface area (TPSA) is 38.3 Å². The highest BCUT2D eigenvalue weighted by molar-refractivity contribution is 9.10. The molecule has 0 heterocycles. The molecule has 4 heteroatoms. The van der Waals surface area contributed by atoms with Gasteiger partial charge in [0, 0.05) is 16.7 Å². The van der Waals surface area contributed by atoms with Gasteiger partial charge in [0.05, 0.1) is 12.7 Å². The van der Waals surface area contributed by atoms with E-state index in [0.29, 0.717) is 12.1 Å². The molecule has 0 radical (unpaired) electrons. The monoisotopic (exact) mass is 333 g/mol. The minimum atomic E-state index is -0.314. The van der Waals surface area contributed by atoms with Crippen LogP contribution >= 0.6 is 15.9 Å². The number of anilines is 1. The van der Waals surface area contributed by atoms with Crippen LogP contribution in [0.3, 0.4) is 0 Å². The van der Waals surface area contributed by atoms with Crippen LogP contribution in [0.2, 0.25) is 0 Å². The smallest absolute Gasteiger partial charge is 0.337 e. The molecule has 0 saturated carbocycles. The average Bonchev–Trinajstić information content (AvgIpc) is 2.48. The summed E-state index contributed by atoms with van der Waals surface area (Å²) < 4.78 is 5.71. The van der Waals surface area contributed by atoms with Crippen molar-refractivity contribution in [3.8, 4) is 0 Å². The molecule has 0 aliphatic carbocycles. The Labute approximate surface area is 127 Å². The van der Waals surface area contributed by atoms with Crippen LogP contribution in [0.5, 0.6) is 0 Å². The number of rotatable bonds is 4. The summed E-state index contributed by atoms with van der Waals surface area (Å²) in [5.41, 5.74) is 3.93. The van der Waals surface area contributed by atoms with Crippen LogP contribution < -0.4 is 5.32 Å². The van der Waals surface area contributed by atoms with Crippen molar-refractivity contribution >= 4 is 27.6 Å². The summed E-state index contributed by atoms with van der Waals surface area (Å²) in [6.07, 6.45) is 0. The minimum absolute atomic E-state index is 0.314. The number of carbonyl (C=O) groups is 1. The summed E-state index contributed by atoms with van der Waals surface area (Å²) in [6, 6.07) is 13.6. The van der Waals surface area contributed by atoms with E-state index in [4.69, 9.17) is 0 Å². The van der Waals surface area contributed by atoms with Crippen LogP contribution in [0.25, 0.3) is 0 Å². The predicted molar refractivity (Wildman–Crippen MR) is 84.0 cm³/mol. The van der Waals surface area contributed by atoms with Gasteiger partial charge < -0.3 is 10.1 Å². The summed E-state index contributed by atoms with van der Waals surface area (Å²) in [4.78, 5) is 11.3. The first-order valence-electron chi connectivity index (χ1n) is 6.27. The van der Waals surface area contributed by atoms with E-state index in [1.807, 2.05) is 18.2 Å². The van der Waals surface area contributed by atoms with Gasteiger partial charge in [-0.2, -0.15) is 0 Å². The Kier molecular flexibility index (Phi) is 4.79. The van der Waals surface area contributed by atoms with E-state index >= 15 is 0 Å². The van der Waals surface area contributed by atoms with Crippen LogP contribution in [0, 0.1) is 6.92 Å². The molecule has 2 aromatic carbocycles. The summed E-state index contributed by atoms with van der Waals surface area (Å²) in [7, 11) is 1.38. The van der Waals surface area contributed by atoms with Crippen LogP contribution in [-0.2, 0) is 11.3 Å². The van der Waals surface area contributed by atoms with Crippen LogP contribution in [-0.4, -0.2) is 13.1 Å². The van der Waals surface area contributed by atoms with Gasteiger partial charge in [0.2, 0.25) is 0 Å². The third-order valence-corrected chi connectivity index (χ3v) is 3.67. The molecule has 20 heavy (non-hydrogen) atoms. The summed E-state index contributed by atoms with van der Waals surface area (Å²) in [5.74, 6) is -0.314. The van der Waals surface area contributed by atoms with Gasteiger partial charge in [0.25, 0.3) is 0 Å². The number of halogens is 1. The summed E-state index contributed by atoms with van der Waals surface area (Å²) >= 11 is 3.52. The van der Waals surface area contributed by atoms with E-state index in [9.17, 15) is 4.79 Å². The fourth-order valence-corrected chi connectivity index (χ4v) is 2.24. The number of hydrogen-bond acceptors (Lipinski definition) is 3. The second kappa shape index (κ2) is 6.57. The Bertz CT molecular complexity index is 608. The molecule has 0 aliphatic rings. The van der Waals surface area contributed by atoms with E-state index in [2.05, 4.69) is 45.0 Å². The lowest BCUT2D eigenvalue weighted by atomic mass is 10.1. The molecular formula is C16H16BrNO2. The predicted octanol–water partition coefficient (Wildman–Crippen LogP) is 4.16. The lowest BCUT2D eigenvalue weighted by Crippen LogP contribution is -2.03. The Balaban J connectivity index is 2.04. The molecule has 0 atom stereocenters. The fourth-order valence-electron chi connectivity index (χ4n) is 1.85. The van der Waals surface area contributed by atoms with Gasteiger partial charge >= 0.3 is 5.97 Å². The van der Waals surface area contributed by atoms with Crippen LogP contribution in [0.1, 0.15) is 21.5 Å². The van der Waals surface area contributed by atoms with Crippen molar-refractivity contribution in [3.05, 3.63) is 63.6 Å². The van der Waals surface area contributed by atoms with E-state index in [0.717, 1.165) is 15.7 Å². The van der Waals surface area contributed by atoms with Gasteiger partial charge in [-0.1, -0.05) is 18.2 Å². The van der Waals surface area contributed by atoms with Crippen molar-refractivity contribution in [2.24, 2.45) is 0 Å². The van der Waals surface area contributed by atoms with Gasteiger partial charge in [-0.05, 0) is 58.2 Å². The molecule has 0 saturated heterocycles. The molecule has 0 unspecified atom stereocenters. The molecule has 0 bridgehead atoms. The number of benzene rings is 2. The largest absolute Gasteiger partial charge is 0.465 e. The normalized spacial score (nSPS) is 10.2. The van der Waals surface area contributed by atoms with E-state index in [-0.39, 0.29) is 5.97 Å². The first-order valence-corrected chi connectivity index (χ1v) is 7.06. The number of nitrogens with one attached hydrogen (secondary N) is 1. The molecule has 2 aromatic rings. The number of hydrogen-bond donors (Lipinski definition) is 1. The number of esters is 1. The fraction of sp³-hybridized carbons (Fsp3) is 0.188. The molecule has 1 N–H and O–H groups in total. The number of methoxy groups -OCH3 is 1. The zero-order chi connectivity index (χ0) is 14.5. The van der Waals surface area contributed by atoms with Crippen LogP contribution in [0.15, 0.2) is 46.9 Å². The Morgan fingerprint density at radius 2 is 1.90 bits per heavy atom. The van der Waals surface area contributed by atoms with Gasteiger partial charge in [0.15, 0.2) is 0 Å². The zero-order valence-electron chi connectivity index (χ0n) is 11.4. The van der Waals surface area contributed by atoms with Crippen molar-refractivity contribution in [2.75, 3.05) is 12.4 Å². The second-order valence-corrected chi connectivity index (χ2v) is 5.38. The Morgan fingerprint density at radius 3 is 2.55 bits per heavy atom. The average molecular weight is 334 g/mol. The molecule has 0 fully saturated rings. The molecular weight excluding hydrogens is 318 g/mol. The van der Waals surface area contributed by atoms with Gasteiger partial charge in [-0.3, -0.25) is 0 Å². The Morgan fingerprint density at radius 1 is 1.20 bits per heavy atom. The summed E-state index contributed by atoms with van der Waals surface area (Å²) in [6.45, 7) is 2.76. The molecule has 104 valence electrons. The quantitative estimate of drug-likeness (QED) is 0.854. The molecule has 0 amide bonds. The van der Waals surface area contributed by atoms with Gasteiger partial charge in [-0.15, -0.1) is 0 Å². The van der Waals surface area contributed by atoms with Gasteiger partial charge in [0.1, 0.15) is 0 Å². The SMILES string of the molecule is COC(=O)c1ccc(CNc2cc(C)ccc2Br)cc1. The van der Waals surface area contributed by atoms with Crippen molar-refractivity contribution < 1.29 is 9.53 Å². The van der Waals surface area contributed by atoms with E-state index < -0.39 is 0 Å². The molecule has 0 spiro atoms. The third-order valence-electron chi connectivity index (χ3n) is 2.98. The van der Waals surface area contributed by atoms with Crippen molar-refractivity contribution in [2.45, 2.75) is 13.5 Å². The van der Waals surface area contributed by atoms with E-state index in [1.54, 1.807) is 12.1 Å². The molecule has 0 aromatic heterocycles. The van der Waals surface area contributed by atoms with Gasteiger partial charge in [-0.25, -0.2) is 4.79 Å². The number of carbonyl (C=O) groups excluding carboxylic acids is 1. The van der Waals surface area contributed by atoms with E-state index in [1.165, 1.54) is 12.7 Å². The molecule has 0 aliphatic heterocycles. The van der Waals surface area contributed by atoms with Crippen molar-refractivity contribution in [1.82, 2.24) is 0 Å². The maximum atomic E-state index is 11.3. The van der Waals surface area contributed by atoms with Crippen LogP contribution in [0.4, 0.5) is 5.69 Å². The highest BCUT2D eigenvalue weighted by Gasteiger charge is 2.04. The highest BCUT2D eigenvalue weighted by atomic mass is 79.9.